The average molecular weight is 417 g/mol. The first-order valence-corrected chi connectivity index (χ1v) is 10.5. The first kappa shape index (κ1) is 19.9. The monoisotopic (exact) mass is 416 g/mol. The van der Waals surface area contributed by atoms with Gasteiger partial charge in [0.1, 0.15) is 13.2 Å². The molecule has 2 aromatic carbocycles. The largest absolute Gasteiger partial charge is 0.486 e. The minimum absolute atomic E-state index is 0.0177. The Balaban J connectivity index is 1.35. The zero-order chi connectivity index (χ0) is 20.4. The molecule has 1 fully saturated rings. The summed E-state index contributed by atoms with van der Waals surface area (Å²) in [6, 6.07) is 11.4. The van der Waals surface area contributed by atoms with Crippen molar-refractivity contribution in [1.82, 2.24) is 0 Å². The number of aryl methyl sites for hydroxylation is 1. The minimum atomic E-state index is -0.134. The molecule has 2 aliphatic heterocycles. The van der Waals surface area contributed by atoms with Crippen molar-refractivity contribution in [3.05, 3.63) is 47.0 Å². The van der Waals surface area contributed by atoms with Crippen LogP contribution in [0, 0.1) is 6.92 Å². The molecule has 2 heterocycles. The van der Waals surface area contributed by atoms with Gasteiger partial charge in [0.25, 0.3) is 5.91 Å². The minimum Gasteiger partial charge on any atom is -0.486 e. The summed E-state index contributed by atoms with van der Waals surface area (Å²) in [6.07, 6.45) is 0. The van der Waals surface area contributed by atoms with Gasteiger partial charge in [0.05, 0.1) is 26.2 Å². The van der Waals surface area contributed by atoms with Crippen molar-refractivity contribution < 1.29 is 19.2 Å². The van der Waals surface area contributed by atoms with Crippen molar-refractivity contribution in [2.24, 2.45) is 0 Å². The van der Waals surface area contributed by atoms with E-state index in [4.69, 9.17) is 21.1 Å². The lowest BCUT2D eigenvalue weighted by atomic mass is 10.1. The van der Waals surface area contributed by atoms with Crippen molar-refractivity contribution in [3.63, 3.8) is 0 Å². The van der Waals surface area contributed by atoms with Crippen LogP contribution < -0.4 is 24.6 Å². The first-order chi connectivity index (χ1) is 14.0. The number of hydrogen-bond acceptors (Lipinski definition) is 4. The Labute approximate surface area is 176 Å². The van der Waals surface area contributed by atoms with Gasteiger partial charge >= 0.3 is 0 Å². The molecule has 2 N–H and O–H groups in total. The second-order valence-corrected chi connectivity index (χ2v) is 8.08. The number of halogens is 1. The number of amides is 1. The summed E-state index contributed by atoms with van der Waals surface area (Å²) in [7, 11) is 0. The predicted octanol–water partition coefficient (Wildman–Crippen LogP) is 2.15. The number of nitrogens with zero attached hydrogens (tertiary/aromatic N) is 1. The van der Waals surface area contributed by atoms with E-state index in [-0.39, 0.29) is 11.9 Å². The third kappa shape index (κ3) is 4.43. The lowest BCUT2D eigenvalue weighted by Crippen LogP contribution is -3.19. The summed E-state index contributed by atoms with van der Waals surface area (Å²) in [5.41, 5.74) is 3.14. The number of nitrogens with one attached hydrogen (secondary N) is 2. The molecular formula is C22H27ClN3O3+. The molecule has 0 unspecified atom stereocenters. The highest BCUT2D eigenvalue weighted by Crippen LogP contribution is 2.32. The van der Waals surface area contributed by atoms with Gasteiger partial charge < -0.3 is 24.6 Å². The number of quaternary nitrogens is 1. The lowest BCUT2D eigenvalue weighted by Gasteiger charge is -2.36. The third-order valence-corrected chi connectivity index (χ3v) is 5.97. The Kier molecular flexibility index (Phi) is 5.83. The number of anilines is 2. The molecule has 0 spiro atoms. The number of fused-ring (bicyclic) bond motifs is 1. The van der Waals surface area contributed by atoms with Gasteiger partial charge in [0.2, 0.25) is 0 Å². The van der Waals surface area contributed by atoms with Crippen molar-refractivity contribution in [2.75, 3.05) is 49.6 Å². The van der Waals surface area contributed by atoms with Crippen LogP contribution in [-0.2, 0) is 4.79 Å². The maximum atomic E-state index is 12.8. The fourth-order valence-electron chi connectivity index (χ4n) is 3.95. The number of hydrogen-bond donors (Lipinski definition) is 2. The molecule has 29 heavy (non-hydrogen) atoms. The molecule has 0 saturated carbocycles. The fraction of sp³-hybridized carbons (Fsp3) is 0.409. The van der Waals surface area contributed by atoms with E-state index in [0.29, 0.717) is 19.0 Å². The van der Waals surface area contributed by atoms with Gasteiger partial charge in [0.15, 0.2) is 17.5 Å². The van der Waals surface area contributed by atoms with Gasteiger partial charge in [-0.15, -0.1) is 0 Å². The number of benzene rings is 2. The number of carbonyl (C=O) groups is 1. The van der Waals surface area contributed by atoms with E-state index in [1.165, 1.54) is 16.2 Å². The van der Waals surface area contributed by atoms with Crippen LogP contribution in [0.4, 0.5) is 11.4 Å². The van der Waals surface area contributed by atoms with Crippen LogP contribution in [0.2, 0.25) is 5.02 Å². The summed E-state index contributed by atoms with van der Waals surface area (Å²) >= 11 is 6.18. The molecule has 0 aromatic heterocycles. The molecular weight excluding hydrogens is 390 g/mol. The standard InChI is InChI=1S/C22H26ClN3O3/c1-15-3-4-17(23)13-19(15)26-9-7-25(8-10-26)16(2)22(27)24-18-5-6-20-21(14-18)29-12-11-28-20/h3-6,13-14,16H,7-12H2,1-2H3,(H,24,27)/p+1/t16-/m0/s1. The zero-order valence-corrected chi connectivity index (χ0v) is 17.6. The number of piperazine rings is 1. The van der Waals surface area contributed by atoms with E-state index in [1.54, 1.807) is 0 Å². The topological polar surface area (TPSA) is 55.2 Å². The van der Waals surface area contributed by atoms with Crippen molar-refractivity contribution in [3.8, 4) is 11.5 Å². The quantitative estimate of drug-likeness (QED) is 0.802. The van der Waals surface area contributed by atoms with Crippen molar-refractivity contribution in [1.29, 1.82) is 0 Å². The molecule has 2 aliphatic rings. The number of ether oxygens (including phenoxy) is 2. The molecule has 2 aromatic rings. The average Bonchev–Trinajstić information content (AvgIpc) is 2.75. The Morgan fingerprint density at radius 1 is 1.10 bits per heavy atom. The zero-order valence-electron chi connectivity index (χ0n) is 16.8. The molecule has 7 heteroatoms. The summed E-state index contributed by atoms with van der Waals surface area (Å²) in [5.74, 6) is 1.42. The SMILES string of the molecule is Cc1ccc(Cl)cc1N1CC[NH+]([C@@H](C)C(=O)Nc2ccc3c(c2)OCCO3)CC1. The van der Waals surface area contributed by atoms with Gasteiger partial charge in [-0.25, -0.2) is 0 Å². The van der Waals surface area contributed by atoms with E-state index in [9.17, 15) is 4.79 Å². The second kappa shape index (κ2) is 8.51. The maximum absolute atomic E-state index is 12.8. The van der Waals surface area contributed by atoms with Crippen LogP contribution in [0.15, 0.2) is 36.4 Å². The van der Waals surface area contributed by atoms with E-state index in [2.05, 4.69) is 23.2 Å². The second-order valence-electron chi connectivity index (χ2n) is 7.65. The summed E-state index contributed by atoms with van der Waals surface area (Å²) in [5, 5.41) is 3.78. The first-order valence-electron chi connectivity index (χ1n) is 10.1. The molecule has 154 valence electrons. The van der Waals surface area contributed by atoms with E-state index >= 15 is 0 Å². The van der Waals surface area contributed by atoms with Gasteiger partial charge in [0, 0.05) is 22.5 Å². The van der Waals surface area contributed by atoms with E-state index in [1.807, 2.05) is 37.3 Å². The molecule has 0 radical (unpaired) electrons. The highest BCUT2D eigenvalue weighted by atomic mass is 35.5. The van der Waals surface area contributed by atoms with Crippen LogP contribution in [0.3, 0.4) is 0 Å². The van der Waals surface area contributed by atoms with Gasteiger partial charge in [-0.3, -0.25) is 4.79 Å². The van der Waals surface area contributed by atoms with Crippen molar-refractivity contribution in [2.45, 2.75) is 19.9 Å². The third-order valence-electron chi connectivity index (χ3n) is 5.73. The van der Waals surface area contributed by atoms with Crippen LogP contribution in [-0.4, -0.2) is 51.3 Å². The Morgan fingerprint density at radius 3 is 2.59 bits per heavy atom. The summed E-state index contributed by atoms with van der Waals surface area (Å²) in [6.45, 7) is 8.79. The normalized spacial score (nSPS) is 17.7. The molecule has 1 saturated heterocycles. The van der Waals surface area contributed by atoms with Crippen LogP contribution in [0.25, 0.3) is 0 Å². The van der Waals surface area contributed by atoms with Gasteiger partial charge in [-0.05, 0) is 43.7 Å². The molecule has 0 bridgehead atoms. The van der Waals surface area contributed by atoms with Crippen molar-refractivity contribution >= 4 is 28.9 Å². The van der Waals surface area contributed by atoms with Crippen LogP contribution in [0.5, 0.6) is 11.5 Å². The van der Waals surface area contributed by atoms with Gasteiger partial charge in [-0.1, -0.05) is 17.7 Å². The van der Waals surface area contributed by atoms with E-state index < -0.39 is 0 Å². The van der Waals surface area contributed by atoms with Gasteiger partial charge in [-0.2, -0.15) is 0 Å². The predicted molar refractivity (Wildman–Crippen MR) is 115 cm³/mol. The molecule has 1 amide bonds. The molecule has 6 nitrogen and oxygen atoms in total. The van der Waals surface area contributed by atoms with Crippen LogP contribution >= 0.6 is 11.6 Å². The molecule has 1 atom stereocenters. The summed E-state index contributed by atoms with van der Waals surface area (Å²) < 4.78 is 11.1. The van der Waals surface area contributed by atoms with Crippen LogP contribution in [0.1, 0.15) is 12.5 Å². The Morgan fingerprint density at radius 2 is 1.83 bits per heavy atom. The smallest absolute Gasteiger partial charge is 0.282 e. The van der Waals surface area contributed by atoms with E-state index in [0.717, 1.165) is 42.6 Å². The Hall–Kier alpha value is -2.44. The number of carbonyl (C=O) groups excluding carboxylic acids is 1. The Bertz CT molecular complexity index is 897. The highest BCUT2D eigenvalue weighted by molar-refractivity contribution is 6.30. The summed E-state index contributed by atoms with van der Waals surface area (Å²) in [4.78, 5) is 16.4. The number of rotatable bonds is 4. The lowest BCUT2D eigenvalue weighted by molar-refractivity contribution is -0.914. The molecule has 4 rings (SSSR count). The highest BCUT2D eigenvalue weighted by Gasteiger charge is 2.30. The maximum Gasteiger partial charge on any atom is 0.282 e. The fourth-order valence-corrected chi connectivity index (χ4v) is 4.11. The molecule has 0 aliphatic carbocycles.